The fraction of sp³-hybridized carbons (Fsp3) is 0.435. The van der Waals surface area contributed by atoms with Gasteiger partial charge in [0.2, 0.25) is 5.75 Å². The van der Waals surface area contributed by atoms with Crippen molar-refractivity contribution >= 4 is 5.78 Å². The monoisotopic (exact) mass is 417 g/mol. The molecule has 1 saturated heterocycles. The van der Waals surface area contributed by atoms with Crippen LogP contribution in [0.4, 0.5) is 4.39 Å². The highest BCUT2D eigenvalue weighted by Gasteiger charge is 2.28. The lowest BCUT2D eigenvalue weighted by Crippen LogP contribution is -2.38. The van der Waals surface area contributed by atoms with Crippen LogP contribution in [0.25, 0.3) is 0 Å². The Morgan fingerprint density at radius 2 is 1.70 bits per heavy atom. The zero-order valence-corrected chi connectivity index (χ0v) is 17.9. The Morgan fingerprint density at radius 1 is 1.00 bits per heavy atom. The molecule has 6 nitrogen and oxygen atoms in total. The summed E-state index contributed by atoms with van der Waals surface area (Å²) in [6.45, 7) is 2.09. The van der Waals surface area contributed by atoms with Crippen LogP contribution < -0.4 is 18.9 Å². The SMILES string of the molecule is COc1ccc(C(=O)C2CCCN(Cc3ccc(OC)c(OC)c3OC)C2)cc1F. The minimum Gasteiger partial charge on any atom is -0.494 e. The summed E-state index contributed by atoms with van der Waals surface area (Å²) in [7, 11) is 6.16. The van der Waals surface area contributed by atoms with Crippen LogP contribution in [0.15, 0.2) is 30.3 Å². The molecule has 1 fully saturated rings. The topological polar surface area (TPSA) is 57.2 Å². The van der Waals surface area contributed by atoms with Gasteiger partial charge in [-0.05, 0) is 43.7 Å². The number of carbonyl (C=O) groups excluding carboxylic acids is 1. The smallest absolute Gasteiger partial charge is 0.203 e. The molecule has 1 aliphatic heterocycles. The van der Waals surface area contributed by atoms with Crippen molar-refractivity contribution < 1.29 is 28.1 Å². The Hall–Kier alpha value is -2.80. The highest BCUT2D eigenvalue weighted by molar-refractivity contribution is 5.98. The molecule has 0 bridgehead atoms. The second-order valence-electron chi connectivity index (χ2n) is 7.28. The van der Waals surface area contributed by atoms with Crippen molar-refractivity contribution in [1.29, 1.82) is 0 Å². The molecule has 2 aromatic rings. The van der Waals surface area contributed by atoms with Crippen LogP contribution in [0.5, 0.6) is 23.0 Å². The molecular formula is C23H28FNO5. The summed E-state index contributed by atoms with van der Waals surface area (Å²) in [6, 6.07) is 8.18. The standard InChI is InChI=1S/C23H28FNO5/c1-27-19-9-7-15(12-18(19)24)21(26)16-6-5-11-25(13-16)14-17-8-10-20(28-2)23(30-4)22(17)29-3/h7-10,12,16H,5-6,11,13-14H2,1-4H3. The van der Waals surface area contributed by atoms with Crippen LogP contribution in [-0.4, -0.2) is 52.2 Å². The van der Waals surface area contributed by atoms with E-state index in [0.29, 0.717) is 35.9 Å². The van der Waals surface area contributed by atoms with Gasteiger partial charge in [0.15, 0.2) is 28.8 Å². The number of Topliss-reactive ketones (excluding diaryl/α,β-unsaturated/α-hetero) is 1. The summed E-state index contributed by atoms with van der Waals surface area (Å²) < 4.78 is 35.4. The van der Waals surface area contributed by atoms with E-state index in [9.17, 15) is 9.18 Å². The predicted molar refractivity (Wildman–Crippen MR) is 111 cm³/mol. The van der Waals surface area contributed by atoms with E-state index < -0.39 is 5.82 Å². The van der Waals surface area contributed by atoms with Gasteiger partial charge < -0.3 is 18.9 Å². The maximum absolute atomic E-state index is 14.0. The maximum Gasteiger partial charge on any atom is 0.203 e. The molecule has 30 heavy (non-hydrogen) atoms. The van der Waals surface area contributed by atoms with Crippen LogP contribution in [0, 0.1) is 11.7 Å². The molecular weight excluding hydrogens is 389 g/mol. The van der Waals surface area contributed by atoms with Gasteiger partial charge in [0.25, 0.3) is 0 Å². The summed E-state index contributed by atoms with van der Waals surface area (Å²) in [5.41, 5.74) is 1.34. The van der Waals surface area contributed by atoms with E-state index in [1.807, 2.05) is 12.1 Å². The number of ether oxygens (including phenoxy) is 4. The van der Waals surface area contributed by atoms with Crippen molar-refractivity contribution in [3.8, 4) is 23.0 Å². The number of likely N-dealkylation sites (tertiary alicyclic amines) is 1. The van der Waals surface area contributed by atoms with Gasteiger partial charge in [0, 0.05) is 30.1 Å². The number of hydrogen-bond acceptors (Lipinski definition) is 6. The number of hydrogen-bond donors (Lipinski definition) is 0. The van der Waals surface area contributed by atoms with Crippen LogP contribution >= 0.6 is 0 Å². The Morgan fingerprint density at radius 3 is 2.33 bits per heavy atom. The van der Waals surface area contributed by atoms with Crippen molar-refractivity contribution in [3.63, 3.8) is 0 Å². The number of halogens is 1. The van der Waals surface area contributed by atoms with E-state index in [2.05, 4.69) is 4.90 Å². The highest BCUT2D eigenvalue weighted by atomic mass is 19.1. The molecule has 0 N–H and O–H groups in total. The molecule has 0 radical (unpaired) electrons. The third-order valence-electron chi connectivity index (χ3n) is 5.49. The molecule has 0 spiro atoms. The van der Waals surface area contributed by atoms with Gasteiger partial charge >= 0.3 is 0 Å². The zero-order chi connectivity index (χ0) is 21.7. The lowest BCUT2D eigenvalue weighted by atomic mass is 9.89. The van der Waals surface area contributed by atoms with Gasteiger partial charge in [0.1, 0.15) is 0 Å². The van der Waals surface area contributed by atoms with Crippen LogP contribution in [0.3, 0.4) is 0 Å². The number of piperidine rings is 1. The van der Waals surface area contributed by atoms with Gasteiger partial charge in [-0.1, -0.05) is 6.07 Å². The first-order chi connectivity index (χ1) is 14.5. The third-order valence-corrected chi connectivity index (χ3v) is 5.49. The predicted octanol–water partition coefficient (Wildman–Crippen LogP) is 3.96. The summed E-state index contributed by atoms with van der Waals surface area (Å²) in [6.07, 6.45) is 1.68. The zero-order valence-electron chi connectivity index (χ0n) is 17.9. The molecule has 2 aromatic carbocycles. The lowest BCUT2D eigenvalue weighted by molar-refractivity contribution is 0.0810. The molecule has 0 amide bonds. The minimum atomic E-state index is -0.522. The van der Waals surface area contributed by atoms with E-state index in [1.165, 1.54) is 19.2 Å². The van der Waals surface area contributed by atoms with Gasteiger partial charge in [-0.25, -0.2) is 4.39 Å². The Bertz CT molecular complexity index is 901. The van der Waals surface area contributed by atoms with Gasteiger partial charge in [-0.2, -0.15) is 0 Å². The van der Waals surface area contributed by atoms with Gasteiger partial charge in [0.05, 0.1) is 28.4 Å². The molecule has 1 heterocycles. The molecule has 1 atom stereocenters. The van der Waals surface area contributed by atoms with Crippen molar-refractivity contribution in [3.05, 3.63) is 47.3 Å². The summed E-state index contributed by atoms with van der Waals surface area (Å²) in [5, 5.41) is 0. The van der Waals surface area contributed by atoms with Crippen molar-refractivity contribution in [2.24, 2.45) is 5.92 Å². The lowest BCUT2D eigenvalue weighted by Gasteiger charge is -2.32. The number of ketones is 1. The number of benzene rings is 2. The number of rotatable bonds is 8. The van der Waals surface area contributed by atoms with E-state index in [0.717, 1.165) is 24.9 Å². The largest absolute Gasteiger partial charge is 0.494 e. The highest BCUT2D eigenvalue weighted by Crippen LogP contribution is 2.40. The molecule has 0 aromatic heterocycles. The van der Waals surface area contributed by atoms with Crippen LogP contribution in [0.2, 0.25) is 0 Å². The quantitative estimate of drug-likeness (QED) is 0.606. The fourth-order valence-electron chi connectivity index (χ4n) is 4.00. The number of carbonyl (C=O) groups is 1. The Balaban J connectivity index is 1.75. The van der Waals surface area contributed by atoms with Gasteiger partial charge in [-0.3, -0.25) is 9.69 Å². The second kappa shape index (κ2) is 9.80. The molecule has 162 valence electrons. The normalized spacial score (nSPS) is 16.8. The Kier molecular flexibility index (Phi) is 7.15. The fourth-order valence-corrected chi connectivity index (χ4v) is 4.00. The number of methoxy groups -OCH3 is 4. The molecule has 3 rings (SSSR count). The minimum absolute atomic E-state index is 0.0412. The van der Waals surface area contributed by atoms with E-state index in [-0.39, 0.29) is 17.5 Å². The maximum atomic E-state index is 14.0. The first-order valence-corrected chi connectivity index (χ1v) is 9.90. The van der Waals surface area contributed by atoms with Crippen LogP contribution in [0.1, 0.15) is 28.8 Å². The molecule has 0 aliphatic carbocycles. The second-order valence-corrected chi connectivity index (χ2v) is 7.28. The Labute approximate surface area is 176 Å². The first kappa shape index (κ1) is 21.9. The summed E-state index contributed by atoms with van der Waals surface area (Å²) in [4.78, 5) is 15.2. The third kappa shape index (κ3) is 4.51. The number of nitrogens with zero attached hydrogens (tertiary/aromatic N) is 1. The van der Waals surface area contributed by atoms with Crippen molar-refractivity contribution in [2.75, 3.05) is 41.5 Å². The molecule has 7 heteroatoms. The van der Waals surface area contributed by atoms with E-state index in [1.54, 1.807) is 27.4 Å². The molecule has 1 unspecified atom stereocenters. The van der Waals surface area contributed by atoms with E-state index >= 15 is 0 Å². The average Bonchev–Trinajstić information content (AvgIpc) is 2.78. The van der Waals surface area contributed by atoms with Crippen molar-refractivity contribution in [1.82, 2.24) is 4.90 Å². The summed E-state index contributed by atoms with van der Waals surface area (Å²) in [5.74, 6) is 1.17. The molecule has 0 saturated carbocycles. The van der Waals surface area contributed by atoms with E-state index in [4.69, 9.17) is 18.9 Å². The van der Waals surface area contributed by atoms with Crippen LogP contribution in [-0.2, 0) is 6.54 Å². The average molecular weight is 417 g/mol. The summed E-state index contributed by atoms with van der Waals surface area (Å²) >= 11 is 0. The molecule has 1 aliphatic rings. The van der Waals surface area contributed by atoms with Crippen molar-refractivity contribution in [2.45, 2.75) is 19.4 Å². The van der Waals surface area contributed by atoms with Gasteiger partial charge in [-0.15, -0.1) is 0 Å². The first-order valence-electron chi connectivity index (χ1n) is 9.90.